The largest absolute Gasteiger partial charge is 0.491 e. The molecule has 0 bridgehead atoms. The first-order chi connectivity index (χ1) is 12.2. The summed E-state index contributed by atoms with van der Waals surface area (Å²) in [4.78, 5) is 4.19. The van der Waals surface area contributed by atoms with E-state index >= 15 is 0 Å². The van der Waals surface area contributed by atoms with E-state index in [1.54, 1.807) is 31.2 Å². The Bertz CT molecular complexity index is 813. The molecule has 7 nitrogen and oxygen atoms in total. The molecule has 130 valence electrons. The van der Waals surface area contributed by atoms with E-state index in [1.807, 2.05) is 36.5 Å². The zero-order chi connectivity index (χ0) is 17.6. The second-order valence-electron chi connectivity index (χ2n) is 5.15. The molecule has 0 fully saturated rings. The van der Waals surface area contributed by atoms with Gasteiger partial charge in [0.15, 0.2) is 0 Å². The van der Waals surface area contributed by atoms with Gasteiger partial charge in [-0.25, -0.2) is 9.67 Å². The van der Waals surface area contributed by atoms with Gasteiger partial charge in [-0.1, -0.05) is 12.1 Å². The minimum atomic E-state index is -0.0156. The van der Waals surface area contributed by atoms with E-state index in [9.17, 15) is 0 Å². The van der Waals surface area contributed by atoms with Crippen molar-refractivity contribution in [3.05, 3.63) is 48.8 Å². The highest BCUT2D eigenvalue weighted by atomic mass is 16.5. The lowest BCUT2D eigenvalue weighted by Gasteiger charge is -2.05. The Labute approximate surface area is 145 Å². The molecule has 0 spiro atoms. The van der Waals surface area contributed by atoms with Gasteiger partial charge in [0.05, 0.1) is 38.3 Å². The van der Waals surface area contributed by atoms with Gasteiger partial charge in [-0.2, -0.15) is 0 Å². The van der Waals surface area contributed by atoms with Crippen molar-refractivity contribution in [1.29, 1.82) is 0 Å². The summed E-state index contributed by atoms with van der Waals surface area (Å²) in [6.07, 6.45) is 3.56. The summed E-state index contributed by atoms with van der Waals surface area (Å²) in [5, 5.41) is 13.3. The van der Waals surface area contributed by atoms with Gasteiger partial charge < -0.3 is 19.3 Å². The van der Waals surface area contributed by atoms with E-state index in [1.165, 1.54) is 0 Å². The zero-order valence-electron chi connectivity index (χ0n) is 14.0. The highest BCUT2D eigenvalue weighted by molar-refractivity contribution is 5.69. The number of benzene rings is 1. The molecule has 0 amide bonds. The number of rotatable bonds is 7. The fraction of sp³-hybridized carbons (Fsp3) is 0.222. The smallest absolute Gasteiger partial charge is 0.240 e. The molecular formula is C18H19N3O4. The number of nitrogens with zero attached hydrogens (tertiary/aromatic N) is 3. The number of ether oxygens (including phenoxy) is 3. The second kappa shape index (κ2) is 7.67. The van der Waals surface area contributed by atoms with E-state index in [4.69, 9.17) is 19.3 Å². The summed E-state index contributed by atoms with van der Waals surface area (Å²) in [7, 11) is 3.16. The summed E-state index contributed by atoms with van der Waals surface area (Å²) >= 11 is 0. The van der Waals surface area contributed by atoms with Crippen molar-refractivity contribution in [3.8, 4) is 34.3 Å². The predicted molar refractivity (Wildman–Crippen MR) is 92.5 cm³/mol. The van der Waals surface area contributed by atoms with Crippen LogP contribution in [0.25, 0.3) is 16.8 Å². The van der Waals surface area contributed by atoms with E-state index in [-0.39, 0.29) is 13.2 Å². The minimum Gasteiger partial charge on any atom is -0.491 e. The third-order valence-corrected chi connectivity index (χ3v) is 3.59. The summed E-state index contributed by atoms with van der Waals surface area (Å²) in [5.41, 5.74) is 2.60. The number of methoxy groups -OCH3 is 2. The molecule has 0 unspecified atom stereocenters. The lowest BCUT2D eigenvalue weighted by molar-refractivity contribution is 0.201. The average molecular weight is 341 g/mol. The van der Waals surface area contributed by atoms with Crippen LogP contribution < -0.4 is 14.2 Å². The van der Waals surface area contributed by atoms with Gasteiger partial charge in [0.25, 0.3) is 0 Å². The van der Waals surface area contributed by atoms with Crippen LogP contribution in [0.4, 0.5) is 0 Å². The van der Waals surface area contributed by atoms with Crippen LogP contribution in [0.1, 0.15) is 0 Å². The van der Waals surface area contributed by atoms with Crippen molar-refractivity contribution in [3.63, 3.8) is 0 Å². The Balaban J connectivity index is 1.89. The minimum absolute atomic E-state index is 0.0156. The zero-order valence-corrected chi connectivity index (χ0v) is 14.0. The maximum Gasteiger partial charge on any atom is 0.240 e. The lowest BCUT2D eigenvalue weighted by atomic mass is 10.1. The molecule has 0 aliphatic carbocycles. The van der Waals surface area contributed by atoms with E-state index in [0.29, 0.717) is 17.5 Å². The molecule has 0 saturated carbocycles. The van der Waals surface area contributed by atoms with Crippen molar-refractivity contribution in [2.45, 2.75) is 0 Å². The standard InChI is InChI=1S/C18H19N3O4/c1-23-17-8-5-14(11-19-17)21-12-16(18(20-21)24-2)13-3-6-15(7-4-13)25-10-9-22/h3-8,11-12,22H,9-10H2,1-2H3. The summed E-state index contributed by atoms with van der Waals surface area (Å²) in [6.45, 7) is 0.253. The van der Waals surface area contributed by atoms with Crippen molar-refractivity contribution in [2.75, 3.05) is 27.4 Å². The Morgan fingerprint density at radius 3 is 2.44 bits per heavy atom. The number of hydrogen-bond donors (Lipinski definition) is 1. The monoisotopic (exact) mass is 341 g/mol. The van der Waals surface area contributed by atoms with Gasteiger partial charge in [-0.15, -0.1) is 5.10 Å². The number of aromatic nitrogens is 3. The number of hydrogen-bond acceptors (Lipinski definition) is 6. The fourth-order valence-electron chi connectivity index (χ4n) is 2.36. The highest BCUT2D eigenvalue weighted by Crippen LogP contribution is 2.31. The van der Waals surface area contributed by atoms with Gasteiger partial charge in [0.2, 0.25) is 11.8 Å². The topological polar surface area (TPSA) is 78.6 Å². The molecule has 3 rings (SSSR count). The van der Waals surface area contributed by atoms with Gasteiger partial charge in [-0.05, 0) is 23.8 Å². The first kappa shape index (κ1) is 16.8. The van der Waals surface area contributed by atoms with E-state index < -0.39 is 0 Å². The second-order valence-corrected chi connectivity index (χ2v) is 5.15. The van der Waals surface area contributed by atoms with Gasteiger partial charge in [-0.3, -0.25) is 0 Å². The Hall–Kier alpha value is -3.06. The van der Waals surface area contributed by atoms with Gasteiger partial charge >= 0.3 is 0 Å². The van der Waals surface area contributed by atoms with E-state index in [0.717, 1.165) is 16.8 Å². The van der Waals surface area contributed by atoms with Crippen LogP contribution in [-0.4, -0.2) is 47.3 Å². The van der Waals surface area contributed by atoms with Crippen molar-refractivity contribution < 1.29 is 19.3 Å². The first-order valence-electron chi connectivity index (χ1n) is 7.73. The molecule has 2 heterocycles. The third kappa shape index (κ3) is 3.72. The maximum absolute atomic E-state index is 8.81. The predicted octanol–water partition coefficient (Wildman–Crippen LogP) is 2.32. The Kier molecular flexibility index (Phi) is 5.15. The molecule has 0 atom stereocenters. The normalized spacial score (nSPS) is 10.5. The van der Waals surface area contributed by atoms with E-state index in [2.05, 4.69) is 10.1 Å². The van der Waals surface area contributed by atoms with Gasteiger partial charge in [0, 0.05) is 12.3 Å². The van der Waals surface area contributed by atoms with Gasteiger partial charge in [0.1, 0.15) is 12.4 Å². The quantitative estimate of drug-likeness (QED) is 0.710. The molecule has 0 saturated heterocycles. The van der Waals surface area contributed by atoms with Crippen molar-refractivity contribution in [1.82, 2.24) is 14.8 Å². The molecule has 0 aliphatic rings. The average Bonchev–Trinajstić information content (AvgIpc) is 3.11. The molecule has 3 aromatic rings. The molecule has 1 N–H and O–H groups in total. The number of aliphatic hydroxyl groups is 1. The van der Waals surface area contributed by atoms with Crippen molar-refractivity contribution >= 4 is 0 Å². The Morgan fingerprint density at radius 2 is 1.84 bits per heavy atom. The molecule has 0 aliphatic heterocycles. The molecule has 1 aromatic carbocycles. The molecule has 7 heteroatoms. The molecule has 0 radical (unpaired) electrons. The maximum atomic E-state index is 8.81. The van der Waals surface area contributed by atoms with Crippen LogP contribution in [0.15, 0.2) is 48.8 Å². The van der Waals surface area contributed by atoms with Crippen LogP contribution in [0.5, 0.6) is 17.5 Å². The summed E-state index contributed by atoms with van der Waals surface area (Å²) < 4.78 is 17.6. The van der Waals surface area contributed by atoms with Crippen LogP contribution in [-0.2, 0) is 0 Å². The first-order valence-corrected chi connectivity index (χ1v) is 7.73. The van der Waals surface area contributed by atoms with Crippen LogP contribution in [0.3, 0.4) is 0 Å². The SMILES string of the molecule is COc1ccc(-n2cc(-c3ccc(OCCO)cc3)c(OC)n2)cn1. The van der Waals surface area contributed by atoms with Crippen LogP contribution >= 0.6 is 0 Å². The fourth-order valence-corrected chi connectivity index (χ4v) is 2.36. The lowest BCUT2D eigenvalue weighted by Crippen LogP contribution is -2.01. The highest BCUT2D eigenvalue weighted by Gasteiger charge is 2.13. The van der Waals surface area contributed by atoms with Crippen LogP contribution in [0, 0.1) is 0 Å². The van der Waals surface area contributed by atoms with Crippen LogP contribution in [0.2, 0.25) is 0 Å². The molecular weight excluding hydrogens is 322 g/mol. The Morgan fingerprint density at radius 1 is 1.04 bits per heavy atom. The number of aliphatic hydroxyl groups excluding tert-OH is 1. The molecule has 25 heavy (non-hydrogen) atoms. The number of pyridine rings is 1. The third-order valence-electron chi connectivity index (χ3n) is 3.59. The molecule has 2 aromatic heterocycles. The summed E-state index contributed by atoms with van der Waals surface area (Å²) in [6, 6.07) is 11.2. The summed E-state index contributed by atoms with van der Waals surface area (Å²) in [5.74, 6) is 1.75. The van der Waals surface area contributed by atoms with Crippen molar-refractivity contribution in [2.24, 2.45) is 0 Å².